The molecule has 59 heavy (non-hydrogen) atoms. The zero-order valence-corrected chi connectivity index (χ0v) is 36.4. The summed E-state index contributed by atoms with van der Waals surface area (Å²) < 4.78 is 14.5. The highest BCUT2D eigenvalue weighted by Gasteiger charge is 2.47. The average molecular weight is 787 g/mol. The van der Waals surface area contributed by atoms with E-state index in [0.717, 1.165) is 29.4 Å². The average Bonchev–Trinajstić information content (AvgIpc) is 3.80. The van der Waals surface area contributed by atoms with Gasteiger partial charge in [-0.2, -0.15) is 0 Å². The van der Waals surface area contributed by atoms with E-state index in [1.807, 2.05) is 0 Å². The van der Waals surface area contributed by atoms with Crippen LogP contribution in [-0.4, -0.2) is 8.07 Å². The smallest absolute Gasteiger partial charge is 0.184 e. The third kappa shape index (κ3) is 5.80. The molecule has 2 nitrogen and oxygen atoms in total. The second-order valence-electron chi connectivity index (χ2n) is 18.2. The van der Waals surface area contributed by atoms with Crippen molar-refractivity contribution in [2.24, 2.45) is 0 Å². The molecule has 0 aromatic heterocycles. The minimum Gasteiger partial charge on any atom is -0.457 e. The highest BCUT2D eigenvalue weighted by atomic mass is 28.3. The topological polar surface area (TPSA) is 18.5 Å². The van der Waals surface area contributed by atoms with Crippen molar-refractivity contribution in [3.05, 3.63) is 191 Å². The minimum atomic E-state index is -3.11. The van der Waals surface area contributed by atoms with Gasteiger partial charge in [-0.1, -0.05) is 187 Å². The van der Waals surface area contributed by atoms with Crippen molar-refractivity contribution in [1.82, 2.24) is 0 Å². The van der Waals surface area contributed by atoms with Gasteiger partial charge in [-0.25, -0.2) is 0 Å². The maximum absolute atomic E-state index is 7.24. The fraction of sp³-hybridized carbons (Fsp3) is 0.250. The molecule has 1 fully saturated rings. The Labute approximate surface area is 351 Å². The summed E-state index contributed by atoms with van der Waals surface area (Å²) in [6, 6.07) is 57.4. The van der Waals surface area contributed by atoms with E-state index in [9.17, 15) is 0 Å². The van der Waals surface area contributed by atoms with Gasteiger partial charge in [0.15, 0.2) is 8.07 Å². The van der Waals surface area contributed by atoms with E-state index < -0.39 is 8.07 Å². The molecule has 0 unspecified atom stereocenters. The number of ether oxygens (including phenoxy) is 2. The van der Waals surface area contributed by atoms with Crippen molar-refractivity contribution in [3.8, 4) is 34.1 Å². The number of para-hydroxylation sites is 2. The summed E-state index contributed by atoms with van der Waals surface area (Å²) >= 11 is 0. The zero-order valence-electron chi connectivity index (χ0n) is 35.4. The SMILES string of the molecule is CCc1ccc2c(c1)Oc1c(ccc(C)c1-c1cc([Si](c3ccccc3)(c3ccccc3)c3cccc4c3Oc3ccccc3C4(C)C)ccc1C1CCCC1)C2(C)C. The molecule has 0 amide bonds. The van der Waals surface area contributed by atoms with Gasteiger partial charge in [0, 0.05) is 38.6 Å². The molecule has 3 heteroatoms. The van der Waals surface area contributed by atoms with Crippen LogP contribution in [0.1, 0.15) is 105 Å². The largest absolute Gasteiger partial charge is 0.457 e. The Hall–Kier alpha value is -5.64. The Morgan fingerprint density at radius 1 is 0.542 bits per heavy atom. The van der Waals surface area contributed by atoms with Gasteiger partial charge in [0.05, 0.1) is 0 Å². The molecular weight excluding hydrogens is 733 g/mol. The molecule has 2 heterocycles. The fourth-order valence-electron chi connectivity index (χ4n) is 11.0. The first-order valence-electron chi connectivity index (χ1n) is 21.8. The normalized spacial score (nSPS) is 16.2. The lowest BCUT2D eigenvalue weighted by Crippen LogP contribution is -2.75. The molecule has 294 valence electrons. The van der Waals surface area contributed by atoms with Gasteiger partial charge in [-0.15, -0.1) is 0 Å². The molecule has 2 aliphatic heterocycles. The van der Waals surface area contributed by atoms with E-state index in [2.05, 4.69) is 193 Å². The highest BCUT2D eigenvalue weighted by molar-refractivity contribution is 7.20. The molecule has 0 bridgehead atoms. The van der Waals surface area contributed by atoms with Crippen molar-refractivity contribution in [2.75, 3.05) is 0 Å². The second-order valence-corrected chi connectivity index (χ2v) is 22.0. The number of benzene rings is 7. The van der Waals surface area contributed by atoms with E-state index in [1.54, 1.807) is 0 Å². The molecule has 1 saturated carbocycles. The van der Waals surface area contributed by atoms with E-state index in [-0.39, 0.29) is 10.8 Å². The molecular formula is C56H54O2Si. The molecule has 7 aromatic rings. The Balaban J connectivity index is 1.30. The molecule has 3 aliphatic rings. The molecule has 0 spiro atoms. The van der Waals surface area contributed by atoms with Crippen LogP contribution in [0.2, 0.25) is 0 Å². The Morgan fingerprint density at radius 3 is 1.83 bits per heavy atom. The predicted octanol–water partition coefficient (Wildman–Crippen LogP) is 12.1. The van der Waals surface area contributed by atoms with Crippen molar-refractivity contribution < 1.29 is 9.47 Å². The van der Waals surface area contributed by atoms with Crippen LogP contribution in [0, 0.1) is 6.92 Å². The van der Waals surface area contributed by atoms with Gasteiger partial charge in [0.2, 0.25) is 0 Å². The van der Waals surface area contributed by atoms with Gasteiger partial charge >= 0.3 is 0 Å². The lowest BCUT2D eigenvalue weighted by Gasteiger charge is -2.41. The number of fused-ring (bicyclic) bond motifs is 4. The summed E-state index contributed by atoms with van der Waals surface area (Å²) in [5, 5.41) is 5.30. The highest BCUT2D eigenvalue weighted by Crippen LogP contribution is 2.54. The molecule has 0 N–H and O–H groups in total. The van der Waals surface area contributed by atoms with E-state index in [0.29, 0.717) is 5.92 Å². The standard InChI is InChI=1S/C56H54O2Si/c1-7-38-30-34-46-50(35-38)58-54-48(56(46,5)6)33-29-37(2)52(54)44-36-42(31-32-43(44)39-19-14-15-20-39)59(40-21-10-8-11-22-40,41-23-12-9-13-24-41)51-28-18-26-47-53(51)57-49-27-17-16-25-45(49)55(47,3)4/h8-13,16-18,21-36,39H,7,14-15,19-20H2,1-6H3. The molecule has 10 rings (SSSR count). The first-order valence-corrected chi connectivity index (χ1v) is 23.8. The maximum atomic E-state index is 7.24. The predicted molar refractivity (Wildman–Crippen MR) is 248 cm³/mol. The molecule has 7 aromatic carbocycles. The van der Waals surface area contributed by atoms with Gasteiger partial charge in [0.25, 0.3) is 0 Å². The van der Waals surface area contributed by atoms with Crippen LogP contribution < -0.4 is 30.2 Å². The quantitative estimate of drug-likeness (QED) is 0.118. The number of hydrogen-bond acceptors (Lipinski definition) is 2. The zero-order chi connectivity index (χ0) is 40.5. The molecule has 0 radical (unpaired) electrons. The Bertz CT molecular complexity index is 2680. The fourth-order valence-corrected chi connectivity index (χ4v) is 15.8. The summed E-state index contributed by atoms with van der Waals surface area (Å²) in [6.45, 7) is 14.0. The van der Waals surface area contributed by atoms with Crippen molar-refractivity contribution >= 4 is 28.8 Å². The number of aryl methyl sites for hydroxylation is 2. The van der Waals surface area contributed by atoms with Crippen LogP contribution in [0.3, 0.4) is 0 Å². The van der Waals surface area contributed by atoms with Gasteiger partial charge in [0.1, 0.15) is 23.0 Å². The van der Waals surface area contributed by atoms with Crippen LogP contribution in [0.25, 0.3) is 11.1 Å². The first kappa shape index (κ1) is 37.6. The first-order chi connectivity index (χ1) is 28.6. The third-order valence-corrected chi connectivity index (χ3v) is 19.0. The summed E-state index contributed by atoms with van der Waals surface area (Å²) in [7, 11) is -3.11. The van der Waals surface area contributed by atoms with Crippen LogP contribution in [0.4, 0.5) is 0 Å². The second kappa shape index (κ2) is 14.3. The van der Waals surface area contributed by atoms with Crippen LogP contribution in [-0.2, 0) is 17.3 Å². The third-order valence-electron chi connectivity index (χ3n) is 14.2. The molecule has 0 saturated heterocycles. The van der Waals surface area contributed by atoms with Crippen LogP contribution in [0.15, 0.2) is 152 Å². The molecule has 1 aliphatic carbocycles. The number of hydrogen-bond donors (Lipinski definition) is 0. The van der Waals surface area contributed by atoms with Gasteiger partial charge in [-0.3, -0.25) is 0 Å². The van der Waals surface area contributed by atoms with Crippen LogP contribution >= 0.6 is 0 Å². The van der Waals surface area contributed by atoms with E-state index in [1.165, 1.54) is 96.5 Å². The lowest BCUT2D eigenvalue weighted by atomic mass is 9.73. The summed E-state index contributed by atoms with van der Waals surface area (Å²) in [4.78, 5) is 0. The minimum absolute atomic E-state index is 0.223. The summed E-state index contributed by atoms with van der Waals surface area (Å²) in [5.41, 5.74) is 11.0. The Morgan fingerprint density at radius 2 is 1.14 bits per heavy atom. The monoisotopic (exact) mass is 786 g/mol. The van der Waals surface area contributed by atoms with E-state index >= 15 is 0 Å². The van der Waals surface area contributed by atoms with Gasteiger partial charge in [-0.05, 0) is 87.2 Å². The number of rotatable bonds is 7. The maximum Gasteiger partial charge on any atom is 0.184 e. The van der Waals surface area contributed by atoms with Crippen molar-refractivity contribution in [3.63, 3.8) is 0 Å². The molecule has 0 atom stereocenters. The van der Waals surface area contributed by atoms with E-state index in [4.69, 9.17) is 9.47 Å². The van der Waals surface area contributed by atoms with Crippen LogP contribution in [0.5, 0.6) is 23.0 Å². The Kier molecular flexibility index (Phi) is 9.10. The van der Waals surface area contributed by atoms with Gasteiger partial charge < -0.3 is 9.47 Å². The van der Waals surface area contributed by atoms with Crippen molar-refractivity contribution in [1.29, 1.82) is 0 Å². The summed E-state index contributed by atoms with van der Waals surface area (Å²) in [5.74, 6) is 4.44. The van der Waals surface area contributed by atoms with Crippen molar-refractivity contribution in [2.45, 2.75) is 90.4 Å². The lowest BCUT2D eigenvalue weighted by molar-refractivity contribution is 0.418. The summed E-state index contributed by atoms with van der Waals surface area (Å²) in [6.07, 6.45) is 5.94.